The van der Waals surface area contributed by atoms with Gasteiger partial charge in [0, 0.05) is 13.1 Å². The van der Waals surface area contributed by atoms with Gasteiger partial charge in [-0.1, -0.05) is 24.4 Å². The maximum absolute atomic E-state index is 12.1. The molecule has 2 amide bonds. The van der Waals surface area contributed by atoms with Crippen molar-refractivity contribution in [1.29, 1.82) is 0 Å². The van der Waals surface area contributed by atoms with Crippen LogP contribution in [0.4, 0.5) is 10.5 Å². The molecule has 1 aliphatic carbocycles. The highest BCUT2D eigenvalue weighted by molar-refractivity contribution is 6.34. The number of nitrogens with zero attached hydrogens (tertiary/aromatic N) is 1. The van der Waals surface area contributed by atoms with Gasteiger partial charge in [0.15, 0.2) is 0 Å². The Morgan fingerprint density at radius 2 is 2.00 bits per heavy atom. The van der Waals surface area contributed by atoms with E-state index in [1.165, 1.54) is 18.2 Å². The molecule has 0 aliphatic heterocycles. The lowest BCUT2D eigenvalue weighted by Gasteiger charge is -2.24. The lowest BCUT2D eigenvalue weighted by atomic mass is 10.2. The van der Waals surface area contributed by atoms with E-state index in [9.17, 15) is 9.59 Å². The van der Waals surface area contributed by atoms with E-state index < -0.39 is 5.97 Å². The summed E-state index contributed by atoms with van der Waals surface area (Å²) in [5.41, 5.74) is 0.517. The van der Waals surface area contributed by atoms with Gasteiger partial charge in [0.1, 0.15) is 0 Å². The standard InChI is InChI=1S/C14H17ClN2O3/c1-17(10-4-2-3-5-10)14(20)16-12-7-6-9(13(18)19)8-11(12)15/h6-8,10H,2-5H2,1H3,(H,16,20)(H,18,19). The van der Waals surface area contributed by atoms with Gasteiger partial charge in [-0.2, -0.15) is 0 Å². The number of urea groups is 1. The van der Waals surface area contributed by atoms with Crippen LogP contribution < -0.4 is 5.32 Å². The van der Waals surface area contributed by atoms with Gasteiger partial charge in [0.25, 0.3) is 0 Å². The molecule has 1 aliphatic rings. The van der Waals surface area contributed by atoms with Gasteiger partial charge in [-0.3, -0.25) is 0 Å². The van der Waals surface area contributed by atoms with Crippen LogP contribution in [0.5, 0.6) is 0 Å². The van der Waals surface area contributed by atoms with Crippen LogP contribution in [-0.4, -0.2) is 35.1 Å². The van der Waals surface area contributed by atoms with E-state index in [2.05, 4.69) is 5.32 Å². The van der Waals surface area contributed by atoms with Crippen LogP contribution in [0.3, 0.4) is 0 Å². The van der Waals surface area contributed by atoms with Crippen molar-refractivity contribution in [2.45, 2.75) is 31.7 Å². The molecule has 0 saturated heterocycles. The quantitative estimate of drug-likeness (QED) is 0.897. The molecule has 1 aromatic carbocycles. The third-order valence-electron chi connectivity index (χ3n) is 3.65. The maximum atomic E-state index is 12.1. The van der Waals surface area contributed by atoms with Gasteiger partial charge in [0.2, 0.25) is 0 Å². The monoisotopic (exact) mass is 296 g/mol. The zero-order valence-electron chi connectivity index (χ0n) is 11.2. The highest BCUT2D eigenvalue weighted by atomic mass is 35.5. The molecule has 20 heavy (non-hydrogen) atoms. The van der Waals surface area contributed by atoms with E-state index >= 15 is 0 Å². The Morgan fingerprint density at radius 1 is 1.35 bits per heavy atom. The molecule has 0 unspecified atom stereocenters. The largest absolute Gasteiger partial charge is 0.478 e. The van der Waals surface area contributed by atoms with Gasteiger partial charge in [-0.25, -0.2) is 9.59 Å². The minimum Gasteiger partial charge on any atom is -0.478 e. The van der Waals surface area contributed by atoms with Gasteiger partial charge < -0.3 is 15.3 Å². The lowest BCUT2D eigenvalue weighted by molar-refractivity contribution is 0.0697. The van der Waals surface area contributed by atoms with E-state index in [1.54, 1.807) is 11.9 Å². The first kappa shape index (κ1) is 14.7. The van der Waals surface area contributed by atoms with Crippen LogP contribution in [0.2, 0.25) is 5.02 Å². The number of hydrogen-bond acceptors (Lipinski definition) is 2. The summed E-state index contributed by atoms with van der Waals surface area (Å²) in [4.78, 5) is 24.6. The number of hydrogen-bond donors (Lipinski definition) is 2. The van der Waals surface area contributed by atoms with E-state index in [4.69, 9.17) is 16.7 Å². The van der Waals surface area contributed by atoms with Gasteiger partial charge in [0.05, 0.1) is 16.3 Å². The molecule has 0 aromatic heterocycles. The highest BCUT2D eigenvalue weighted by Crippen LogP contribution is 2.26. The van der Waals surface area contributed by atoms with Crippen molar-refractivity contribution in [2.24, 2.45) is 0 Å². The van der Waals surface area contributed by atoms with Gasteiger partial charge >= 0.3 is 12.0 Å². The molecule has 1 saturated carbocycles. The first-order valence-electron chi connectivity index (χ1n) is 6.55. The summed E-state index contributed by atoms with van der Waals surface area (Å²) >= 11 is 5.99. The number of carbonyl (C=O) groups excluding carboxylic acids is 1. The topological polar surface area (TPSA) is 69.6 Å². The third-order valence-corrected chi connectivity index (χ3v) is 3.96. The maximum Gasteiger partial charge on any atom is 0.335 e. The first-order chi connectivity index (χ1) is 9.49. The molecule has 0 heterocycles. The summed E-state index contributed by atoms with van der Waals surface area (Å²) in [6.07, 6.45) is 4.35. The Balaban J connectivity index is 2.05. The number of carboxylic acids is 1. The molecule has 0 atom stereocenters. The lowest BCUT2D eigenvalue weighted by Crippen LogP contribution is -2.38. The van der Waals surface area contributed by atoms with Crippen molar-refractivity contribution in [2.75, 3.05) is 12.4 Å². The second-order valence-electron chi connectivity index (χ2n) is 4.98. The van der Waals surface area contributed by atoms with Crippen molar-refractivity contribution < 1.29 is 14.7 Å². The van der Waals surface area contributed by atoms with Gasteiger partial charge in [-0.05, 0) is 31.0 Å². The fraction of sp³-hybridized carbons (Fsp3) is 0.429. The Kier molecular flexibility index (Phi) is 4.49. The number of amides is 2. The summed E-state index contributed by atoms with van der Waals surface area (Å²) in [5.74, 6) is -1.05. The zero-order valence-corrected chi connectivity index (χ0v) is 12.0. The van der Waals surface area contributed by atoms with Crippen molar-refractivity contribution in [3.8, 4) is 0 Å². The van der Waals surface area contributed by atoms with E-state index in [-0.39, 0.29) is 22.7 Å². The molecule has 2 rings (SSSR count). The molecular formula is C14H17ClN2O3. The number of carbonyl (C=O) groups is 2. The summed E-state index contributed by atoms with van der Waals surface area (Å²) in [6.45, 7) is 0. The van der Waals surface area contributed by atoms with Gasteiger partial charge in [-0.15, -0.1) is 0 Å². The van der Waals surface area contributed by atoms with Crippen LogP contribution in [0.25, 0.3) is 0 Å². The molecular weight excluding hydrogens is 280 g/mol. The molecule has 1 aromatic rings. The number of rotatable bonds is 3. The van der Waals surface area contributed by atoms with Crippen LogP contribution in [0.1, 0.15) is 36.0 Å². The molecule has 0 radical (unpaired) electrons. The van der Waals surface area contributed by atoms with Crippen LogP contribution in [0, 0.1) is 0 Å². The molecule has 5 nitrogen and oxygen atoms in total. The molecule has 6 heteroatoms. The SMILES string of the molecule is CN(C(=O)Nc1ccc(C(=O)O)cc1Cl)C1CCCC1. The summed E-state index contributed by atoms with van der Waals surface area (Å²) in [6, 6.07) is 4.30. The number of benzene rings is 1. The number of carboxylic acid groups (broad SMARTS) is 1. The smallest absolute Gasteiger partial charge is 0.335 e. The van der Waals surface area contributed by atoms with Crippen molar-refractivity contribution in [3.63, 3.8) is 0 Å². The molecule has 2 N–H and O–H groups in total. The summed E-state index contributed by atoms with van der Waals surface area (Å²) in [7, 11) is 1.77. The number of halogens is 1. The fourth-order valence-corrected chi connectivity index (χ4v) is 2.64. The summed E-state index contributed by atoms with van der Waals surface area (Å²) in [5, 5.41) is 11.8. The van der Waals surface area contributed by atoms with Crippen molar-refractivity contribution in [3.05, 3.63) is 28.8 Å². The third kappa shape index (κ3) is 3.22. The number of aromatic carboxylic acids is 1. The van der Waals surface area contributed by atoms with Crippen LogP contribution in [0.15, 0.2) is 18.2 Å². The van der Waals surface area contributed by atoms with E-state index in [1.807, 2.05) is 0 Å². The van der Waals surface area contributed by atoms with E-state index in [0.717, 1.165) is 25.7 Å². The first-order valence-corrected chi connectivity index (χ1v) is 6.93. The van der Waals surface area contributed by atoms with E-state index in [0.29, 0.717) is 5.69 Å². The Labute approximate surface area is 122 Å². The zero-order chi connectivity index (χ0) is 14.7. The normalized spacial score (nSPS) is 15.1. The predicted octanol–water partition coefficient (Wildman–Crippen LogP) is 3.44. The highest BCUT2D eigenvalue weighted by Gasteiger charge is 2.23. The fourth-order valence-electron chi connectivity index (χ4n) is 2.41. The second-order valence-corrected chi connectivity index (χ2v) is 5.39. The van der Waals surface area contributed by atoms with Crippen molar-refractivity contribution >= 4 is 29.3 Å². The van der Waals surface area contributed by atoms with Crippen molar-refractivity contribution in [1.82, 2.24) is 4.90 Å². The molecule has 0 bridgehead atoms. The minimum absolute atomic E-state index is 0.0946. The molecule has 1 fully saturated rings. The molecule has 108 valence electrons. The Hall–Kier alpha value is -1.75. The Morgan fingerprint density at radius 3 is 2.55 bits per heavy atom. The average Bonchev–Trinajstić information content (AvgIpc) is 2.93. The number of anilines is 1. The summed E-state index contributed by atoms with van der Waals surface area (Å²) < 4.78 is 0. The average molecular weight is 297 g/mol. The predicted molar refractivity (Wildman–Crippen MR) is 77.4 cm³/mol. The second kappa shape index (κ2) is 6.13. The van der Waals surface area contributed by atoms with Crippen LogP contribution >= 0.6 is 11.6 Å². The Bertz CT molecular complexity index is 527. The molecule has 0 spiro atoms. The number of nitrogens with one attached hydrogen (secondary N) is 1. The van der Waals surface area contributed by atoms with Crippen LogP contribution in [-0.2, 0) is 0 Å². The minimum atomic E-state index is -1.05.